The van der Waals surface area contributed by atoms with Crippen LogP contribution in [0.2, 0.25) is 0 Å². The Morgan fingerprint density at radius 2 is 1.59 bits per heavy atom. The van der Waals surface area contributed by atoms with Crippen LogP contribution >= 0.6 is 0 Å². The van der Waals surface area contributed by atoms with Crippen molar-refractivity contribution in [2.75, 3.05) is 16.8 Å². The van der Waals surface area contributed by atoms with Gasteiger partial charge in [0.1, 0.15) is 17.1 Å². The molecule has 8 heteroatoms. The van der Waals surface area contributed by atoms with Gasteiger partial charge < -0.3 is 15.0 Å². The molecule has 1 N–H and O–H groups in total. The largest absolute Gasteiger partial charge is 0.573 e. The van der Waals surface area contributed by atoms with Gasteiger partial charge in [0, 0.05) is 17.9 Å². The number of para-hydroxylation sites is 1. The summed E-state index contributed by atoms with van der Waals surface area (Å²) in [4.78, 5) is 25.8. The zero-order valence-electron chi connectivity index (χ0n) is 14.2. The third-order valence-corrected chi connectivity index (χ3v) is 3.90. The molecule has 0 bridgehead atoms. The van der Waals surface area contributed by atoms with Crippen molar-refractivity contribution in [3.8, 4) is 5.75 Å². The fourth-order valence-electron chi connectivity index (χ4n) is 2.72. The molecule has 0 saturated carbocycles. The first-order valence-corrected chi connectivity index (χ1v) is 8.09. The number of nitrogens with zero attached hydrogens (tertiary/aromatic N) is 1. The van der Waals surface area contributed by atoms with E-state index < -0.39 is 17.2 Å². The number of nitrogens with one attached hydrogen (secondary N) is 1. The van der Waals surface area contributed by atoms with Crippen LogP contribution in [0.4, 0.5) is 35.9 Å². The van der Waals surface area contributed by atoms with Gasteiger partial charge in [0.2, 0.25) is 0 Å². The molecule has 0 saturated heterocycles. The summed E-state index contributed by atoms with van der Waals surface area (Å²) in [5, 5.41) is 2.81. The normalized spacial score (nSPS) is 11.4. The topological polar surface area (TPSA) is 58.6 Å². The molecule has 5 nitrogen and oxygen atoms in total. The molecule has 3 aromatic rings. The Bertz CT molecular complexity index is 992. The predicted octanol–water partition coefficient (Wildman–Crippen LogP) is 4.08. The van der Waals surface area contributed by atoms with Gasteiger partial charge in [0.25, 0.3) is 10.9 Å². The highest BCUT2D eigenvalue weighted by atomic mass is 19.4. The summed E-state index contributed by atoms with van der Waals surface area (Å²) in [6.45, 7) is 2.30. The van der Waals surface area contributed by atoms with Crippen LogP contribution in [0.5, 0.6) is 5.75 Å². The number of rotatable bonds is 6. The monoisotopic (exact) mass is 376 g/mol. The maximum absolute atomic E-state index is 12.2. The van der Waals surface area contributed by atoms with Gasteiger partial charge in [-0.05, 0) is 43.3 Å². The molecule has 0 aliphatic heterocycles. The second-order valence-electron chi connectivity index (χ2n) is 5.66. The van der Waals surface area contributed by atoms with Gasteiger partial charge in [0.15, 0.2) is 0 Å². The molecule has 0 aliphatic rings. The molecule has 27 heavy (non-hydrogen) atoms. The van der Waals surface area contributed by atoms with Gasteiger partial charge in [-0.15, -0.1) is 13.2 Å². The first kappa shape index (κ1) is 18.5. The minimum atomic E-state index is -4.78. The van der Waals surface area contributed by atoms with E-state index in [0.29, 0.717) is 12.2 Å². The van der Waals surface area contributed by atoms with Gasteiger partial charge in [-0.2, -0.15) is 0 Å². The molecule has 0 unspecified atom stereocenters. The van der Waals surface area contributed by atoms with Crippen molar-refractivity contribution in [1.82, 2.24) is 0 Å². The standard InChI is InChI=1S/C19H15F3N2O3/c1-2-24(13-6-4-3-5-7-13)16-15(17(25)18(16)26)23-12-8-10-14(11-9-12)27-19(20,21)22/h3-11,23H,2H2,1H3. The van der Waals surface area contributed by atoms with Crippen LogP contribution in [0.3, 0.4) is 0 Å². The highest BCUT2D eigenvalue weighted by Crippen LogP contribution is 2.31. The van der Waals surface area contributed by atoms with Crippen LogP contribution in [0, 0.1) is 0 Å². The van der Waals surface area contributed by atoms with E-state index >= 15 is 0 Å². The van der Waals surface area contributed by atoms with Crippen molar-refractivity contribution >= 4 is 22.7 Å². The lowest BCUT2D eigenvalue weighted by Gasteiger charge is -2.26. The van der Waals surface area contributed by atoms with Gasteiger partial charge in [-0.25, -0.2) is 0 Å². The van der Waals surface area contributed by atoms with Crippen molar-refractivity contribution in [2.24, 2.45) is 0 Å². The maximum Gasteiger partial charge on any atom is 0.573 e. The molecule has 3 aromatic carbocycles. The molecule has 140 valence electrons. The summed E-state index contributed by atoms with van der Waals surface area (Å²) in [5.74, 6) is -0.377. The summed E-state index contributed by atoms with van der Waals surface area (Å²) < 4.78 is 40.5. The Morgan fingerprint density at radius 3 is 2.15 bits per heavy atom. The quantitative estimate of drug-likeness (QED) is 0.657. The molecular weight excluding hydrogens is 361 g/mol. The minimum absolute atomic E-state index is 0.107. The van der Waals surface area contributed by atoms with Crippen molar-refractivity contribution in [3.05, 3.63) is 75.0 Å². The zero-order valence-corrected chi connectivity index (χ0v) is 14.2. The number of alkyl halides is 3. The van der Waals surface area contributed by atoms with Crippen molar-refractivity contribution in [2.45, 2.75) is 13.3 Å². The van der Waals surface area contributed by atoms with Crippen molar-refractivity contribution < 1.29 is 17.9 Å². The average molecular weight is 376 g/mol. The Balaban J connectivity index is 1.86. The maximum atomic E-state index is 12.2. The van der Waals surface area contributed by atoms with Crippen LogP contribution in [0.15, 0.2) is 64.2 Å². The smallest absolute Gasteiger partial charge is 0.406 e. The summed E-state index contributed by atoms with van der Waals surface area (Å²) in [5.41, 5.74) is 0.167. The summed E-state index contributed by atoms with van der Waals surface area (Å²) in [6.07, 6.45) is -4.78. The van der Waals surface area contributed by atoms with E-state index in [9.17, 15) is 22.8 Å². The Hall–Kier alpha value is -3.29. The molecule has 0 spiro atoms. The van der Waals surface area contributed by atoms with Crippen molar-refractivity contribution in [3.63, 3.8) is 0 Å². The molecule has 0 atom stereocenters. The van der Waals surface area contributed by atoms with E-state index in [1.165, 1.54) is 12.1 Å². The van der Waals surface area contributed by atoms with Crippen molar-refractivity contribution in [1.29, 1.82) is 0 Å². The van der Waals surface area contributed by atoms with E-state index in [1.54, 1.807) is 4.90 Å². The molecule has 0 aromatic heterocycles. The third kappa shape index (κ3) is 3.94. The predicted molar refractivity (Wildman–Crippen MR) is 96.9 cm³/mol. The number of ether oxygens (including phenoxy) is 1. The van der Waals surface area contributed by atoms with Crippen LogP contribution < -0.4 is 25.8 Å². The Kier molecular flexibility index (Phi) is 4.89. The molecule has 0 radical (unpaired) electrons. The molecule has 0 heterocycles. The van der Waals surface area contributed by atoms with Crippen LogP contribution in [0.1, 0.15) is 6.92 Å². The Morgan fingerprint density at radius 1 is 0.963 bits per heavy atom. The highest BCUT2D eigenvalue weighted by molar-refractivity contribution is 5.83. The lowest BCUT2D eigenvalue weighted by molar-refractivity contribution is -0.274. The van der Waals surface area contributed by atoms with Gasteiger partial charge in [-0.1, -0.05) is 18.2 Å². The second kappa shape index (κ2) is 7.14. The third-order valence-electron chi connectivity index (χ3n) is 3.90. The second-order valence-corrected chi connectivity index (χ2v) is 5.66. The zero-order chi connectivity index (χ0) is 19.6. The lowest BCUT2D eigenvalue weighted by Crippen LogP contribution is -2.40. The first-order chi connectivity index (χ1) is 12.8. The number of hydrogen-bond acceptors (Lipinski definition) is 5. The van der Waals surface area contributed by atoms with E-state index in [0.717, 1.165) is 17.8 Å². The molecular formula is C19H15F3N2O3. The first-order valence-electron chi connectivity index (χ1n) is 8.09. The summed E-state index contributed by atoms with van der Waals surface area (Å²) in [7, 11) is 0. The molecule has 0 aliphatic carbocycles. The fraction of sp³-hybridized carbons (Fsp3) is 0.158. The lowest BCUT2D eigenvalue weighted by atomic mass is 10.1. The van der Waals surface area contributed by atoms with E-state index in [-0.39, 0.29) is 17.1 Å². The molecule has 3 rings (SSSR count). The van der Waals surface area contributed by atoms with Crippen LogP contribution in [-0.2, 0) is 0 Å². The van der Waals surface area contributed by atoms with Gasteiger partial charge >= 0.3 is 6.36 Å². The van der Waals surface area contributed by atoms with E-state index in [2.05, 4.69) is 10.1 Å². The van der Waals surface area contributed by atoms with Gasteiger partial charge in [-0.3, -0.25) is 9.59 Å². The van der Waals surface area contributed by atoms with Gasteiger partial charge in [0.05, 0.1) is 0 Å². The Labute approximate surface area is 152 Å². The number of halogens is 3. The number of benzene rings is 2. The van der Waals surface area contributed by atoms with E-state index in [4.69, 9.17) is 0 Å². The van der Waals surface area contributed by atoms with E-state index in [1.807, 2.05) is 37.3 Å². The minimum Gasteiger partial charge on any atom is -0.406 e. The number of hydrogen-bond donors (Lipinski definition) is 1. The van der Waals surface area contributed by atoms with Crippen LogP contribution in [-0.4, -0.2) is 12.9 Å². The van der Waals surface area contributed by atoms with Crippen LogP contribution in [0.25, 0.3) is 0 Å². The SMILES string of the molecule is CCN(c1ccccc1)c1c(Nc2ccc(OC(F)(F)F)cc2)c(=O)c1=O. The number of anilines is 4. The summed E-state index contributed by atoms with van der Waals surface area (Å²) >= 11 is 0. The fourth-order valence-corrected chi connectivity index (χ4v) is 2.72. The summed E-state index contributed by atoms with van der Waals surface area (Å²) in [6, 6.07) is 14.0. The average Bonchev–Trinajstić information content (AvgIpc) is 2.65. The molecule has 0 fully saturated rings. The highest BCUT2D eigenvalue weighted by Gasteiger charge is 2.31. The molecule has 0 amide bonds.